The Bertz CT molecular complexity index is 460. The Labute approximate surface area is 102 Å². The van der Waals surface area contributed by atoms with E-state index in [0.29, 0.717) is 6.54 Å². The number of aromatic nitrogens is 2. The Morgan fingerprint density at radius 3 is 1.76 bits per heavy atom. The molecule has 0 spiro atoms. The van der Waals surface area contributed by atoms with Gasteiger partial charge in [-0.15, -0.1) is 0 Å². The molecule has 0 bridgehead atoms. The summed E-state index contributed by atoms with van der Waals surface area (Å²) >= 11 is 0. The monoisotopic (exact) mass is 229 g/mol. The van der Waals surface area contributed by atoms with Crippen molar-refractivity contribution in [2.24, 2.45) is 5.73 Å². The molecule has 0 unspecified atom stereocenters. The third-order valence-corrected chi connectivity index (χ3v) is 2.87. The van der Waals surface area contributed by atoms with Gasteiger partial charge >= 0.3 is 0 Å². The molecule has 2 aromatic rings. The van der Waals surface area contributed by atoms with E-state index in [0.717, 1.165) is 13.1 Å². The maximum Gasteiger partial charge on any atom is 0.169 e. The van der Waals surface area contributed by atoms with Crippen LogP contribution in [0.1, 0.15) is 6.92 Å². The zero-order valence-electron chi connectivity index (χ0n) is 10.2. The van der Waals surface area contributed by atoms with Crippen molar-refractivity contribution in [1.82, 2.24) is 0 Å². The normalized spacial score (nSPS) is 10.5. The van der Waals surface area contributed by atoms with Crippen LogP contribution in [0.5, 0.6) is 0 Å². The lowest BCUT2D eigenvalue weighted by atomic mass is 10.1. The molecule has 3 heteroatoms. The van der Waals surface area contributed by atoms with Gasteiger partial charge in [-0.3, -0.25) is 0 Å². The first-order valence-corrected chi connectivity index (χ1v) is 6.02. The predicted octanol–water partition coefficient (Wildman–Crippen LogP) is 0.907. The number of rotatable bonds is 4. The van der Waals surface area contributed by atoms with Crippen LogP contribution in [-0.4, -0.2) is 6.54 Å². The molecule has 0 aliphatic carbocycles. The Hall–Kier alpha value is -1.74. The van der Waals surface area contributed by atoms with Gasteiger partial charge in [0.25, 0.3) is 0 Å². The molecule has 0 aliphatic rings. The molecule has 0 aromatic carbocycles. The van der Waals surface area contributed by atoms with Crippen LogP contribution in [0.15, 0.2) is 49.1 Å². The molecule has 0 fully saturated rings. The SMILES string of the molecule is CC[n+]1ccc(-c2cc[n+](CCN)cc2)cc1. The van der Waals surface area contributed by atoms with Gasteiger partial charge in [-0.1, -0.05) is 0 Å². The van der Waals surface area contributed by atoms with Crippen molar-refractivity contribution >= 4 is 0 Å². The van der Waals surface area contributed by atoms with Crippen LogP contribution in [0.3, 0.4) is 0 Å². The zero-order chi connectivity index (χ0) is 12.1. The molecule has 2 aromatic heterocycles. The van der Waals surface area contributed by atoms with Crippen molar-refractivity contribution in [2.45, 2.75) is 20.0 Å². The summed E-state index contributed by atoms with van der Waals surface area (Å²) in [7, 11) is 0. The lowest BCUT2D eigenvalue weighted by Crippen LogP contribution is -2.36. The first kappa shape index (κ1) is 11.7. The Morgan fingerprint density at radius 2 is 1.35 bits per heavy atom. The molecule has 0 aliphatic heterocycles. The van der Waals surface area contributed by atoms with Gasteiger partial charge in [-0.25, -0.2) is 9.13 Å². The van der Waals surface area contributed by atoms with Crippen LogP contribution < -0.4 is 14.9 Å². The highest BCUT2D eigenvalue weighted by atomic mass is 14.9. The van der Waals surface area contributed by atoms with Gasteiger partial charge in [-0.05, 0) is 18.1 Å². The van der Waals surface area contributed by atoms with Gasteiger partial charge in [0.2, 0.25) is 0 Å². The van der Waals surface area contributed by atoms with E-state index in [2.05, 4.69) is 65.1 Å². The van der Waals surface area contributed by atoms with Crippen molar-refractivity contribution < 1.29 is 9.13 Å². The number of nitrogens with two attached hydrogens (primary N) is 1. The first-order chi connectivity index (χ1) is 8.33. The topological polar surface area (TPSA) is 33.8 Å². The van der Waals surface area contributed by atoms with Crippen LogP contribution in [0, 0.1) is 0 Å². The predicted molar refractivity (Wildman–Crippen MR) is 67.0 cm³/mol. The van der Waals surface area contributed by atoms with Crippen molar-refractivity contribution in [1.29, 1.82) is 0 Å². The second-order valence-corrected chi connectivity index (χ2v) is 4.03. The van der Waals surface area contributed by atoms with E-state index in [9.17, 15) is 0 Å². The van der Waals surface area contributed by atoms with Crippen molar-refractivity contribution in [3.63, 3.8) is 0 Å². The molecule has 2 heterocycles. The summed E-state index contributed by atoms with van der Waals surface area (Å²) in [6.45, 7) is 4.68. The van der Waals surface area contributed by atoms with Gasteiger partial charge in [0.1, 0.15) is 6.54 Å². The van der Waals surface area contributed by atoms with Crippen molar-refractivity contribution in [3.05, 3.63) is 49.1 Å². The van der Waals surface area contributed by atoms with Crippen LogP contribution in [-0.2, 0) is 13.1 Å². The highest BCUT2D eigenvalue weighted by molar-refractivity contribution is 5.60. The Morgan fingerprint density at radius 1 is 0.882 bits per heavy atom. The van der Waals surface area contributed by atoms with Gasteiger partial charge in [0, 0.05) is 24.3 Å². The second-order valence-electron chi connectivity index (χ2n) is 4.03. The lowest BCUT2D eigenvalue weighted by molar-refractivity contribution is -0.694. The molecule has 0 radical (unpaired) electrons. The molecular weight excluding hydrogens is 210 g/mol. The molecular formula is C14H19N3+2. The zero-order valence-corrected chi connectivity index (χ0v) is 10.2. The molecule has 0 saturated heterocycles. The van der Waals surface area contributed by atoms with Crippen LogP contribution in [0.25, 0.3) is 11.1 Å². The average Bonchev–Trinajstić information content (AvgIpc) is 2.40. The van der Waals surface area contributed by atoms with Crippen LogP contribution in [0.4, 0.5) is 0 Å². The van der Waals surface area contributed by atoms with E-state index in [1.165, 1.54) is 11.1 Å². The molecule has 17 heavy (non-hydrogen) atoms. The van der Waals surface area contributed by atoms with Gasteiger partial charge in [-0.2, -0.15) is 0 Å². The third kappa shape index (κ3) is 2.88. The molecule has 88 valence electrons. The second kappa shape index (κ2) is 5.55. The number of pyridine rings is 2. The fourth-order valence-corrected chi connectivity index (χ4v) is 1.81. The lowest BCUT2D eigenvalue weighted by Gasteiger charge is -2.00. The first-order valence-electron chi connectivity index (χ1n) is 6.02. The number of aryl methyl sites for hydroxylation is 1. The van der Waals surface area contributed by atoms with E-state index in [-0.39, 0.29) is 0 Å². The minimum Gasteiger partial charge on any atom is -0.325 e. The largest absolute Gasteiger partial charge is 0.325 e. The third-order valence-electron chi connectivity index (χ3n) is 2.87. The highest BCUT2D eigenvalue weighted by Crippen LogP contribution is 2.15. The minimum absolute atomic E-state index is 0.672. The number of nitrogens with zero attached hydrogens (tertiary/aromatic N) is 2. The average molecular weight is 229 g/mol. The van der Waals surface area contributed by atoms with Gasteiger partial charge < -0.3 is 5.73 Å². The van der Waals surface area contributed by atoms with E-state index in [1.54, 1.807) is 0 Å². The maximum atomic E-state index is 5.52. The summed E-state index contributed by atoms with van der Waals surface area (Å²) in [5.41, 5.74) is 8.00. The minimum atomic E-state index is 0.672. The molecule has 2 N–H and O–H groups in total. The Balaban J connectivity index is 2.20. The number of hydrogen-bond acceptors (Lipinski definition) is 1. The fraction of sp³-hybridized carbons (Fsp3) is 0.286. The summed E-state index contributed by atoms with van der Waals surface area (Å²) in [4.78, 5) is 0. The van der Waals surface area contributed by atoms with E-state index < -0.39 is 0 Å². The summed E-state index contributed by atoms with van der Waals surface area (Å²) in [6.07, 6.45) is 8.36. The maximum absolute atomic E-state index is 5.52. The molecule has 0 amide bonds. The smallest absolute Gasteiger partial charge is 0.169 e. The summed E-state index contributed by atoms with van der Waals surface area (Å²) in [5.74, 6) is 0. The van der Waals surface area contributed by atoms with Crippen LogP contribution >= 0.6 is 0 Å². The molecule has 0 atom stereocenters. The Kier molecular flexibility index (Phi) is 3.83. The number of hydrogen-bond donors (Lipinski definition) is 1. The summed E-state index contributed by atoms with van der Waals surface area (Å²) < 4.78 is 4.25. The van der Waals surface area contributed by atoms with Gasteiger partial charge in [0.15, 0.2) is 31.3 Å². The summed E-state index contributed by atoms with van der Waals surface area (Å²) in [6, 6.07) is 8.54. The molecule has 3 nitrogen and oxygen atoms in total. The fourth-order valence-electron chi connectivity index (χ4n) is 1.81. The highest BCUT2D eigenvalue weighted by Gasteiger charge is 2.03. The molecule has 2 rings (SSSR count). The van der Waals surface area contributed by atoms with Crippen molar-refractivity contribution in [3.8, 4) is 11.1 Å². The van der Waals surface area contributed by atoms with Crippen LogP contribution in [0.2, 0.25) is 0 Å². The van der Waals surface area contributed by atoms with Crippen molar-refractivity contribution in [2.75, 3.05) is 6.54 Å². The van der Waals surface area contributed by atoms with E-state index in [1.807, 2.05) is 0 Å². The van der Waals surface area contributed by atoms with Gasteiger partial charge in [0.05, 0.1) is 6.54 Å². The summed E-state index contributed by atoms with van der Waals surface area (Å²) in [5, 5.41) is 0. The quantitative estimate of drug-likeness (QED) is 0.777. The standard InChI is InChI=1S/C14H19N3/c1-2-16-8-3-13(4-9-16)14-5-10-17(11-6-14)12-7-15/h3-6,8-11H,2,7,12,15H2,1H3/q+2. The van der Waals surface area contributed by atoms with E-state index >= 15 is 0 Å². The molecule has 0 saturated carbocycles. The van der Waals surface area contributed by atoms with E-state index in [4.69, 9.17) is 5.73 Å².